The van der Waals surface area contributed by atoms with Gasteiger partial charge >= 0.3 is 0 Å². The molecule has 0 saturated carbocycles. The number of thiophene rings is 1. The van der Waals surface area contributed by atoms with Crippen LogP contribution in [-0.2, 0) is 0 Å². The van der Waals surface area contributed by atoms with Crippen molar-refractivity contribution in [1.29, 1.82) is 0 Å². The van der Waals surface area contributed by atoms with Crippen LogP contribution < -0.4 is 0 Å². The van der Waals surface area contributed by atoms with Gasteiger partial charge < -0.3 is 0 Å². The van der Waals surface area contributed by atoms with Crippen LogP contribution >= 0.6 is 11.3 Å². The van der Waals surface area contributed by atoms with Gasteiger partial charge in [0.2, 0.25) is 0 Å². The van der Waals surface area contributed by atoms with Crippen molar-refractivity contribution in [1.82, 2.24) is 24.6 Å². The smallest absolute Gasteiger partial charge is 0.164 e. The lowest BCUT2D eigenvalue weighted by Gasteiger charge is -2.10. The first-order valence-electron chi connectivity index (χ1n) is 20.7. The van der Waals surface area contributed by atoms with Crippen molar-refractivity contribution < 1.29 is 0 Å². The zero-order valence-corrected chi connectivity index (χ0v) is 34.2. The van der Waals surface area contributed by atoms with Crippen LogP contribution in [0, 0.1) is 0 Å². The van der Waals surface area contributed by atoms with E-state index in [1.807, 2.05) is 41.7 Å². The van der Waals surface area contributed by atoms with Crippen LogP contribution in [0.15, 0.2) is 212 Å². The van der Waals surface area contributed by atoms with E-state index in [-0.39, 0.29) is 0 Å². The summed E-state index contributed by atoms with van der Waals surface area (Å²) < 4.78 is 4.72. The monoisotopic (exact) mass is 809 g/mol. The molecular formula is C56H35N5S. The van der Waals surface area contributed by atoms with E-state index >= 15 is 0 Å². The summed E-state index contributed by atoms with van der Waals surface area (Å²) in [4.78, 5) is 15.2. The van der Waals surface area contributed by atoms with Crippen molar-refractivity contribution in [2.75, 3.05) is 0 Å². The Morgan fingerprint density at radius 1 is 0.371 bits per heavy atom. The van der Waals surface area contributed by atoms with E-state index in [1.165, 1.54) is 31.1 Å². The van der Waals surface area contributed by atoms with E-state index in [0.29, 0.717) is 17.5 Å². The van der Waals surface area contributed by atoms with Crippen LogP contribution in [0.3, 0.4) is 0 Å². The zero-order valence-electron chi connectivity index (χ0n) is 33.4. The molecule has 0 bridgehead atoms. The summed E-state index contributed by atoms with van der Waals surface area (Å²) in [5.41, 5.74) is 12.5. The SMILES string of the molecule is c1ccc(-c2nc(-c3ccc(-c4nn5c(-c6ccccc6)cc6ccccc6c5c4-c4ccccc4)cc3)nc(-c3ccc(-c4cccc5c4sc4ccccc45)cc3)n2)cc1. The number of fused-ring (bicyclic) bond motifs is 6. The Morgan fingerprint density at radius 3 is 1.53 bits per heavy atom. The molecule has 0 saturated heterocycles. The first-order chi connectivity index (χ1) is 30.7. The minimum absolute atomic E-state index is 0.607. The summed E-state index contributed by atoms with van der Waals surface area (Å²) >= 11 is 1.84. The summed E-state index contributed by atoms with van der Waals surface area (Å²) in [5.74, 6) is 1.85. The molecule has 0 aliphatic heterocycles. The number of pyridine rings is 1. The molecule has 12 aromatic rings. The standard InChI is InChI=1S/C56H35N5S/c1-4-15-37(16-5-1)48-35-43-21-10-11-22-44(43)52-50(38-17-6-2-7-18-38)51(60-61(48)52)39-29-33-42(34-30-39)56-58-54(40-19-8-3-9-20-40)57-55(59-56)41-31-27-36(28-32-41)45-24-14-25-47-46-23-12-13-26-49(46)62-53(45)47/h1-35H. The van der Waals surface area contributed by atoms with Crippen molar-refractivity contribution in [3.8, 4) is 78.9 Å². The number of hydrogen-bond donors (Lipinski definition) is 0. The Morgan fingerprint density at radius 2 is 0.871 bits per heavy atom. The molecule has 290 valence electrons. The Labute approximate surface area is 361 Å². The van der Waals surface area contributed by atoms with Gasteiger partial charge in [0.1, 0.15) is 5.69 Å². The van der Waals surface area contributed by atoms with Crippen LogP contribution in [0.2, 0.25) is 0 Å². The van der Waals surface area contributed by atoms with Crippen LogP contribution in [-0.4, -0.2) is 24.6 Å². The molecule has 6 heteroatoms. The van der Waals surface area contributed by atoms with Crippen LogP contribution in [0.1, 0.15) is 0 Å². The van der Waals surface area contributed by atoms with Gasteiger partial charge in [0.15, 0.2) is 17.5 Å². The van der Waals surface area contributed by atoms with Gasteiger partial charge in [-0.2, -0.15) is 5.10 Å². The molecule has 0 amide bonds. The molecule has 0 radical (unpaired) electrons. The lowest BCUT2D eigenvalue weighted by atomic mass is 9.96. The Kier molecular flexibility index (Phi) is 8.61. The first-order valence-corrected chi connectivity index (χ1v) is 21.5. The summed E-state index contributed by atoms with van der Waals surface area (Å²) in [6.07, 6.45) is 0. The second kappa shape index (κ2) is 14.9. The summed E-state index contributed by atoms with van der Waals surface area (Å²) in [7, 11) is 0. The second-order valence-corrected chi connectivity index (χ2v) is 16.5. The topological polar surface area (TPSA) is 56.0 Å². The molecule has 0 N–H and O–H groups in total. The molecule has 0 unspecified atom stereocenters. The van der Waals surface area contributed by atoms with Crippen LogP contribution in [0.25, 0.3) is 115 Å². The molecule has 0 aliphatic rings. The minimum Gasteiger partial charge on any atom is -0.231 e. The molecule has 62 heavy (non-hydrogen) atoms. The van der Waals surface area contributed by atoms with Crippen molar-refractivity contribution in [2.24, 2.45) is 0 Å². The number of rotatable bonds is 7. The highest BCUT2D eigenvalue weighted by Gasteiger charge is 2.22. The highest BCUT2D eigenvalue weighted by atomic mass is 32.1. The predicted molar refractivity (Wildman–Crippen MR) is 257 cm³/mol. The van der Waals surface area contributed by atoms with Gasteiger partial charge in [-0.25, -0.2) is 19.5 Å². The van der Waals surface area contributed by atoms with E-state index in [2.05, 4.69) is 187 Å². The van der Waals surface area contributed by atoms with Crippen molar-refractivity contribution in [2.45, 2.75) is 0 Å². The number of hydrogen-bond acceptors (Lipinski definition) is 5. The molecule has 0 spiro atoms. The van der Waals surface area contributed by atoms with Gasteiger partial charge in [-0.05, 0) is 34.2 Å². The Hall–Kier alpha value is -8.06. The third-order valence-electron chi connectivity index (χ3n) is 11.7. The molecular weight excluding hydrogens is 775 g/mol. The lowest BCUT2D eigenvalue weighted by Crippen LogP contribution is -2.00. The van der Waals surface area contributed by atoms with Crippen molar-refractivity contribution >= 4 is 47.8 Å². The molecule has 4 aromatic heterocycles. The fraction of sp³-hybridized carbons (Fsp3) is 0. The second-order valence-electron chi connectivity index (χ2n) is 15.4. The number of nitrogens with zero attached hydrogens (tertiary/aromatic N) is 5. The first kappa shape index (κ1) is 35.8. The Balaban J connectivity index is 0.973. The maximum absolute atomic E-state index is 5.43. The lowest BCUT2D eigenvalue weighted by molar-refractivity contribution is 0.979. The molecule has 4 heterocycles. The average Bonchev–Trinajstić information content (AvgIpc) is 3.95. The average molecular weight is 810 g/mol. The maximum Gasteiger partial charge on any atom is 0.164 e. The van der Waals surface area contributed by atoms with E-state index in [9.17, 15) is 0 Å². The van der Waals surface area contributed by atoms with Gasteiger partial charge in [0.05, 0.1) is 11.2 Å². The molecule has 0 atom stereocenters. The number of benzene rings is 8. The molecule has 0 fully saturated rings. The number of aromatic nitrogens is 5. The largest absolute Gasteiger partial charge is 0.231 e. The molecule has 12 rings (SSSR count). The van der Waals surface area contributed by atoms with E-state index < -0.39 is 0 Å². The van der Waals surface area contributed by atoms with Gasteiger partial charge in [-0.3, -0.25) is 0 Å². The highest BCUT2D eigenvalue weighted by Crippen LogP contribution is 2.42. The Bertz CT molecular complexity index is 3600. The van der Waals surface area contributed by atoms with Gasteiger partial charge in [-0.1, -0.05) is 200 Å². The van der Waals surface area contributed by atoms with Crippen LogP contribution in [0.5, 0.6) is 0 Å². The van der Waals surface area contributed by atoms with E-state index in [0.717, 1.165) is 66.8 Å². The maximum atomic E-state index is 5.43. The fourth-order valence-corrected chi connectivity index (χ4v) is 9.92. The summed E-state index contributed by atoms with van der Waals surface area (Å²) in [6.45, 7) is 0. The van der Waals surface area contributed by atoms with Gasteiger partial charge in [0.25, 0.3) is 0 Å². The van der Waals surface area contributed by atoms with Crippen molar-refractivity contribution in [3.05, 3.63) is 212 Å². The quantitative estimate of drug-likeness (QED) is 0.161. The fourth-order valence-electron chi connectivity index (χ4n) is 8.68. The van der Waals surface area contributed by atoms with Gasteiger partial charge in [0, 0.05) is 58.9 Å². The minimum atomic E-state index is 0.607. The molecule has 8 aromatic carbocycles. The molecule has 5 nitrogen and oxygen atoms in total. The van der Waals surface area contributed by atoms with E-state index in [4.69, 9.17) is 20.1 Å². The third kappa shape index (κ3) is 6.16. The summed E-state index contributed by atoms with van der Waals surface area (Å²) in [6, 6.07) is 74.4. The predicted octanol–water partition coefficient (Wildman–Crippen LogP) is 14.7. The highest BCUT2D eigenvalue weighted by molar-refractivity contribution is 7.26. The van der Waals surface area contributed by atoms with Crippen LogP contribution in [0.4, 0.5) is 0 Å². The zero-order chi connectivity index (χ0) is 41.0. The normalized spacial score (nSPS) is 11.5. The van der Waals surface area contributed by atoms with Crippen molar-refractivity contribution in [3.63, 3.8) is 0 Å². The van der Waals surface area contributed by atoms with Gasteiger partial charge in [-0.15, -0.1) is 11.3 Å². The van der Waals surface area contributed by atoms with E-state index in [1.54, 1.807) is 0 Å². The third-order valence-corrected chi connectivity index (χ3v) is 12.9. The summed E-state index contributed by atoms with van der Waals surface area (Å²) in [5, 5.41) is 10.3. The molecule has 0 aliphatic carbocycles.